The Bertz CT molecular complexity index is 1210. The molecule has 5 heteroatoms. The summed E-state index contributed by atoms with van der Waals surface area (Å²) in [4.78, 5) is 6.84. The predicted molar refractivity (Wildman–Crippen MR) is 115 cm³/mol. The minimum atomic E-state index is 0.173. The van der Waals surface area contributed by atoms with Crippen molar-refractivity contribution in [3.05, 3.63) is 78.0 Å². The summed E-state index contributed by atoms with van der Waals surface area (Å²) in [6.07, 6.45) is 4.26. The zero-order valence-electron chi connectivity index (χ0n) is 16.3. The first-order valence-electron chi connectivity index (χ1n) is 9.54. The number of fused-ring (bicyclic) bond motifs is 3. The van der Waals surface area contributed by atoms with Crippen molar-refractivity contribution in [2.45, 2.75) is 13.7 Å². The molecule has 1 aliphatic heterocycles. The number of furan rings is 1. The third-order valence-electron chi connectivity index (χ3n) is 5.36. The number of anilines is 2. The topological polar surface area (TPSA) is 33.2 Å². The SMILES string of the molecule is CB1C=Cc2c(oc3nc(C)ccc23)N1c1cc(-c2ccccc2)cc[n+]1C. The molecule has 0 amide bonds. The van der Waals surface area contributed by atoms with Gasteiger partial charge in [-0.2, -0.15) is 0 Å². The summed E-state index contributed by atoms with van der Waals surface area (Å²) in [5, 5.41) is 1.05. The summed E-state index contributed by atoms with van der Waals surface area (Å²) in [6.45, 7) is 4.34. The van der Waals surface area contributed by atoms with E-state index in [1.165, 1.54) is 11.1 Å². The average molecular weight is 366 g/mol. The van der Waals surface area contributed by atoms with Crippen LogP contribution in [0, 0.1) is 6.92 Å². The van der Waals surface area contributed by atoms with Gasteiger partial charge in [-0.25, -0.2) is 9.55 Å². The number of nitrogens with zero attached hydrogens (tertiary/aromatic N) is 3. The molecular formula is C23H21BN3O+. The van der Waals surface area contributed by atoms with Crippen molar-refractivity contribution in [2.75, 3.05) is 4.81 Å². The van der Waals surface area contributed by atoms with Crippen molar-refractivity contribution in [2.24, 2.45) is 7.05 Å². The maximum Gasteiger partial charge on any atom is 0.405 e. The van der Waals surface area contributed by atoms with E-state index in [2.05, 4.69) is 88.9 Å². The highest BCUT2D eigenvalue weighted by molar-refractivity contribution is 6.69. The fourth-order valence-electron chi connectivity index (χ4n) is 3.84. The summed E-state index contributed by atoms with van der Waals surface area (Å²) in [5.74, 6) is 4.14. The Kier molecular flexibility index (Phi) is 3.83. The summed E-state index contributed by atoms with van der Waals surface area (Å²) >= 11 is 0. The number of pyridine rings is 2. The smallest absolute Gasteiger partial charge is 0.404 e. The van der Waals surface area contributed by atoms with E-state index >= 15 is 0 Å². The van der Waals surface area contributed by atoms with Crippen molar-refractivity contribution < 1.29 is 8.98 Å². The van der Waals surface area contributed by atoms with Crippen molar-refractivity contribution >= 4 is 35.7 Å². The van der Waals surface area contributed by atoms with Gasteiger partial charge in [0.2, 0.25) is 5.71 Å². The number of rotatable bonds is 2. The van der Waals surface area contributed by atoms with E-state index in [0.29, 0.717) is 5.71 Å². The number of aromatic nitrogens is 2. The summed E-state index contributed by atoms with van der Waals surface area (Å²) in [5.41, 5.74) is 5.12. The molecule has 4 aromatic rings. The molecule has 0 saturated carbocycles. The Morgan fingerprint density at radius 1 is 1.04 bits per heavy atom. The summed E-state index contributed by atoms with van der Waals surface area (Å²) in [7, 11) is 2.07. The fraction of sp³-hybridized carbons (Fsp3) is 0.130. The van der Waals surface area contributed by atoms with Crippen LogP contribution in [0.3, 0.4) is 0 Å². The summed E-state index contributed by atoms with van der Waals surface area (Å²) < 4.78 is 8.40. The Morgan fingerprint density at radius 3 is 2.68 bits per heavy atom. The van der Waals surface area contributed by atoms with Crippen molar-refractivity contribution in [3.63, 3.8) is 0 Å². The van der Waals surface area contributed by atoms with Gasteiger partial charge in [0.25, 0.3) is 11.7 Å². The third-order valence-corrected chi connectivity index (χ3v) is 5.36. The highest BCUT2D eigenvalue weighted by Gasteiger charge is 2.37. The van der Waals surface area contributed by atoms with Crippen LogP contribution in [0.4, 0.5) is 11.7 Å². The Hall–Kier alpha value is -3.34. The standard InChI is InChI=1S/C23H21BN3O/c1-16-9-10-19-20-11-13-24(2)27(23(20)28-22(19)25-16)21-15-18(12-14-26(21)3)17-7-5-4-6-8-17/h4-15H,1-3H3/q+1. The van der Waals surface area contributed by atoms with Gasteiger partial charge in [-0.15, -0.1) is 0 Å². The molecule has 0 bridgehead atoms. The molecule has 3 aromatic heterocycles. The highest BCUT2D eigenvalue weighted by Crippen LogP contribution is 2.40. The number of hydrogen-bond donors (Lipinski definition) is 0. The minimum absolute atomic E-state index is 0.173. The molecule has 5 rings (SSSR count). The van der Waals surface area contributed by atoms with Crippen LogP contribution in [-0.2, 0) is 7.05 Å². The van der Waals surface area contributed by atoms with Crippen LogP contribution in [0.25, 0.3) is 28.3 Å². The molecule has 136 valence electrons. The molecule has 4 nitrogen and oxygen atoms in total. The van der Waals surface area contributed by atoms with Gasteiger partial charge in [0.05, 0.1) is 24.2 Å². The van der Waals surface area contributed by atoms with Gasteiger partial charge >= 0.3 is 6.85 Å². The van der Waals surface area contributed by atoms with E-state index in [1.807, 2.05) is 19.1 Å². The molecule has 1 aromatic carbocycles. The van der Waals surface area contributed by atoms with Crippen LogP contribution in [-0.4, -0.2) is 11.8 Å². The second kappa shape index (κ2) is 6.38. The van der Waals surface area contributed by atoms with Gasteiger partial charge in [0.1, 0.15) is 0 Å². The molecule has 28 heavy (non-hydrogen) atoms. The average Bonchev–Trinajstić information content (AvgIpc) is 3.06. The van der Waals surface area contributed by atoms with Crippen LogP contribution in [0.5, 0.6) is 0 Å². The molecule has 0 saturated heterocycles. The van der Waals surface area contributed by atoms with E-state index in [4.69, 9.17) is 4.42 Å². The molecule has 0 radical (unpaired) electrons. The summed E-state index contributed by atoms with van der Waals surface area (Å²) in [6, 6.07) is 19.0. The number of benzene rings is 1. The maximum absolute atomic E-state index is 6.26. The van der Waals surface area contributed by atoms with Gasteiger partial charge in [-0.1, -0.05) is 42.4 Å². The second-order valence-electron chi connectivity index (χ2n) is 7.35. The van der Waals surface area contributed by atoms with E-state index in [0.717, 1.165) is 28.3 Å². The first kappa shape index (κ1) is 16.8. The Labute approximate surface area is 164 Å². The van der Waals surface area contributed by atoms with Gasteiger partial charge in [-0.05, 0) is 43.1 Å². The molecule has 0 N–H and O–H groups in total. The van der Waals surface area contributed by atoms with Gasteiger partial charge in [0, 0.05) is 11.8 Å². The predicted octanol–water partition coefficient (Wildman–Crippen LogP) is 4.95. The Morgan fingerprint density at radius 2 is 1.86 bits per heavy atom. The highest BCUT2D eigenvalue weighted by atomic mass is 16.4. The lowest BCUT2D eigenvalue weighted by Crippen LogP contribution is -2.43. The quantitative estimate of drug-likeness (QED) is 0.372. The largest absolute Gasteiger partial charge is 0.405 e. The van der Waals surface area contributed by atoms with Crippen LogP contribution in [0.1, 0.15) is 11.3 Å². The van der Waals surface area contributed by atoms with Crippen LogP contribution in [0.2, 0.25) is 6.82 Å². The van der Waals surface area contributed by atoms with E-state index < -0.39 is 0 Å². The van der Waals surface area contributed by atoms with Gasteiger partial charge < -0.3 is 4.42 Å². The zero-order chi connectivity index (χ0) is 19.3. The minimum Gasteiger partial charge on any atom is -0.404 e. The van der Waals surface area contributed by atoms with Crippen molar-refractivity contribution in [3.8, 4) is 11.1 Å². The molecular weight excluding hydrogens is 345 g/mol. The monoisotopic (exact) mass is 366 g/mol. The molecule has 0 spiro atoms. The first-order valence-corrected chi connectivity index (χ1v) is 9.54. The lowest BCUT2D eigenvalue weighted by atomic mass is 9.61. The maximum atomic E-state index is 6.26. The number of aryl methyl sites for hydroxylation is 2. The number of hydrogen-bond acceptors (Lipinski definition) is 3. The third kappa shape index (κ3) is 2.62. The van der Waals surface area contributed by atoms with E-state index in [-0.39, 0.29) is 6.85 Å². The normalized spacial score (nSPS) is 13.2. The molecule has 0 atom stereocenters. The van der Waals surface area contributed by atoms with E-state index in [9.17, 15) is 0 Å². The Balaban J connectivity index is 1.70. The fourth-order valence-corrected chi connectivity index (χ4v) is 3.84. The van der Waals surface area contributed by atoms with Gasteiger partial charge in [0.15, 0.2) is 0 Å². The molecule has 1 aliphatic rings. The second-order valence-corrected chi connectivity index (χ2v) is 7.35. The van der Waals surface area contributed by atoms with Crippen molar-refractivity contribution in [1.82, 2.24) is 4.98 Å². The van der Waals surface area contributed by atoms with Crippen LogP contribution >= 0.6 is 0 Å². The van der Waals surface area contributed by atoms with E-state index in [1.54, 1.807) is 0 Å². The molecule has 4 heterocycles. The molecule has 0 fully saturated rings. The van der Waals surface area contributed by atoms with Crippen LogP contribution in [0.15, 0.2) is 71.2 Å². The lowest BCUT2D eigenvalue weighted by molar-refractivity contribution is -0.658. The zero-order valence-corrected chi connectivity index (χ0v) is 16.3. The van der Waals surface area contributed by atoms with Crippen LogP contribution < -0.4 is 9.38 Å². The first-order chi connectivity index (χ1) is 13.6. The van der Waals surface area contributed by atoms with Gasteiger partial charge in [-0.3, -0.25) is 4.81 Å². The lowest BCUT2D eigenvalue weighted by Gasteiger charge is -2.22. The molecule has 0 unspecified atom stereocenters. The molecule has 0 aliphatic carbocycles. The van der Waals surface area contributed by atoms with Crippen molar-refractivity contribution in [1.29, 1.82) is 0 Å².